The number of para-hydroxylation sites is 1. The zero-order valence-corrected chi connectivity index (χ0v) is 16.9. The Morgan fingerprint density at radius 3 is 2.56 bits per heavy atom. The molecule has 5 rings (SSSR count). The van der Waals surface area contributed by atoms with Crippen molar-refractivity contribution in [3.63, 3.8) is 0 Å². The quantitative estimate of drug-likeness (QED) is 0.717. The molecule has 0 amide bonds. The molecular weight excluding hydrogens is 364 g/mol. The van der Waals surface area contributed by atoms with Crippen LogP contribution in [0, 0.1) is 28.6 Å². The molecule has 1 aromatic carbocycles. The van der Waals surface area contributed by atoms with Crippen molar-refractivity contribution in [2.24, 2.45) is 28.6 Å². The van der Waals surface area contributed by atoms with Crippen molar-refractivity contribution < 1.29 is 22.1 Å². The van der Waals surface area contributed by atoms with Gasteiger partial charge in [0.2, 0.25) is 0 Å². The second-order valence-corrected chi connectivity index (χ2v) is 11.1. The molecule has 1 heterocycles. The third kappa shape index (κ3) is 2.60. The van der Waals surface area contributed by atoms with Gasteiger partial charge in [-0.05, 0) is 48.6 Å². The number of hydrogen-bond donors (Lipinski definition) is 0. The predicted molar refractivity (Wildman–Crippen MR) is 101 cm³/mol. The third-order valence-electron chi connectivity index (χ3n) is 7.85. The first kappa shape index (κ1) is 18.0. The lowest BCUT2D eigenvalue weighted by Gasteiger charge is -2.40. The maximum absolute atomic E-state index is 13.0. The van der Waals surface area contributed by atoms with Gasteiger partial charge in [-0.15, -0.1) is 0 Å². The minimum absolute atomic E-state index is 0.0125. The molecule has 0 radical (unpaired) electrons. The summed E-state index contributed by atoms with van der Waals surface area (Å²) in [6.45, 7) is 6.59. The Morgan fingerprint density at radius 2 is 1.89 bits per heavy atom. The summed E-state index contributed by atoms with van der Waals surface area (Å²) < 4.78 is 44.1. The summed E-state index contributed by atoms with van der Waals surface area (Å²) in [6, 6.07) is 8.75. The van der Waals surface area contributed by atoms with Gasteiger partial charge in [-0.3, -0.25) is 0 Å². The van der Waals surface area contributed by atoms with Crippen LogP contribution >= 0.6 is 0 Å². The molecule has 1 saturated heterocycles. The van der Waals surface area contributed by atoms with Gasteiger partial charge >= 0.3 is 10.1 Å². The van der Waals surface area contributed by atoms with Gasteiger partial charge in [0.25, 0.3) is 0 Å². The second kappa shape index (κ2) is 5.71. The van der Waals surface area contributed by atoms with E-state index in [4.69, 9.17) is 13.7 Å². The molecule has 1 aromatic rings. The second-order valence-electron chi connectivity index (χ2n) is 9.52. The third-order valence-corrected chi connectivity index (χ3v) is 9.16. The minimum atomic E-state index is -3.74. The Kier molecular flexibility index (Phi) is 3.79. The highest BCUT2D eigenvalue weighted by atomic mass is 32.2. The van der Waals surface area contributed by atoms with Gasteiger partial charge < -0.3 is 13.7 Å². The van der Waals surface area contributed by atoms with Crippen LogP contribution in [0.4, 0.5) is 0 Å². The molecule has 2 bridgehead atoms. The Bertz CT molecular complexity index is 835. The zero-order chi connectivity index (χ0) is 19.0. The summed E-state index contributed by atoms with van der Waals surface area (Å²) in [7, 11) is -3.74. The lowest BCUT2D eigenvalue weighted by atomic mass is 9.69. The van der Waals surface area contributed by atoms with Gasteiger partial charge in [0.1, 0.15) is 5.75 Å². The predicted octanol–water partition coefficient (Wildman–Crippen LogP) is 3.60. The Hall–Kier alpha value is -1.11. The summed E-state index contributed by atoms with van der Waals surface area (Å²) in [4.78, 5) is 0. The Balaban J connectivity index is 1.42. The average Bonchev–Trinajstić information content (AvgIpc) is 3.00. The monoisotopic (exact) mass is 392 g/mol. The van der Waals surface area contributed by atoms with E-state index in [0.29, 0.717) is 23.5 Å². The van der Waals surface area contributed by atoms with E-state index in [1.54, 1.807) is 24.3 Å². The molecule has 0 unspecified atom stereocenters. The molecule has 0 aromatic heterocycles. The van der Waals surface area contributed by atoms with Crippen LogP contribution in [-0.4, -0.2) is 32.7 Å². The number of ether oxygens (including phenoxy) is 2. The van der Waals surface area contributed by atoms with Crippen LogP contribution in [0.25, 0.3) is 0 Å². The number of benzene rings is 1. The van der Waals surface area contributed by atoms with Crippen molar-refractivity contribution in [3.8, 4) is 5.75 Å². The largest absolute Gasteiger partial charge is 0.382 e. The van der Waals surface area contributed by atoms with E-state index < -0.39 is 15.5 Å². The van der Waals surface area contributed by atoms with Crippen molar-refractivity contribution in [1.29, 1.82) is 0 Å². The lowest BCUT2D eigenvalue weighted by molar-refractivity contribution is -0.124. The first-order valence-corrected chi connectivity index (χ1v) is 11.6. The van der Waals surface area contributed by atoms with Gasteiger partial charge in [0.05, 0.1) is 18.0 Å². The fraction of sp³-hybridized carbons (Fsp3) is 0.714. The molecule has 4 fully saturated rings. The summed E-state index contributed by atoms with van der Waals surface area (Å²) in [6.07, 6.45) is 2.67. The molecule has 27 heavy (non-hydrogen) atoms. The molecule has 3 aliphatic carbocycles. The van der Waals surface area contributed by atoms with Crippen molar-refractivity contribution in [1.82, 2.24) is 0 Å². The van der Waals surface area contributed by atoms with Crippen molar-refractivity contribution >= 4 is 10.1 Å². The van der Waals surface area contributed by atoms with Gasteiger partial charge in [0.15, 0.2) is 6.29 Å². The van der Waals surface area contributed by atoms with Gasteiger partial charge in [-0.25, -0.2) is 0 Å². The van der Waals surface area contributed by atoms with E-state index in [0.717, 1.165) is 19.3 Å². The normalized spacial score (nSPS) is 44.3. The number of rotatable bonds is 5. The maximum Gasteiger partial charge on any atom is 0.309 e. The van der Waals surface area contributed by atoms with Crippen molar-refractivity contribution in [3.05, 3.63) is 30.3 Å². The summed E-state index contributed by atoms with van der Waals surface area (Å²) in [5.41, 5.74) is -0.613. The van der Waals surface area contributed by atoms with Crippen LogP contribution in [0.3, 0.4) is 0 Å². The highest BCUT2D eigenvalue weighted by Crippen LogP contribution is 2.70. The molecule has 6 heteroatoms. The SMILES string of the molecule is C[C@@H]1C[C@H]1[C@@H]1O[C@@H]2[C@H]3CC[C@@](CS(=O)(=O)Oc4ccccc4)([C@@H]2O1)C3(C)C. The van der Waals surface area contributed by atoms with Gasteiger partial charge in [-0.1, -0.05) is 39.0 Å². The standard InChI is InChI=1S/C21H28O5S/c1-13-11-15(13)19-24-17-16-9-10-21(18(17)25-19,20(16,2)3)12-27(22,23)26-14-7-5-4-6-8-14/h4-8,13,15-19H,9-12H2,1-3H3/t13-,15-,16-,17-,18-,19-,21-/m1/s1. The molecule has 4 aliphatic rings. The fourth-order valence-corrected chi connectivity index (χ4v) is 7.79. The fourth-order valence-electron chi connectivity index (χ4n) is 6.02. The van der Waals surface area contributed by atoms with Crippen LogP contribution in [0.15, 0.2) is 30.3 Å². The van der Waals surface area contributed by atoms with Crippen molar-refractivity contribution in [2.75, 3.05) is 5.75 Å². The highest BCUT2D eigenvalue weighted by molar-refractivity contribution is 7.87. The van der Waals surface area contributed by atoms with Crippen LogP contribution in [0.5, 0.6) is 5.75 Å². The summed E-state index contributed by atoms with van der Waals surface area (Å²) >= 11 is 0. The molecular formula is C21H28O5S. The van der Waals surface area contributed by atoms with E-state index >= 15 is 0 Å². The first-order valence-electron chi connectivity index (χ1n) is 10.0. The number of fused-ring (bicyclic) bond motifs is 5. The Morgan fingerprint density at radius 1 is 1.19 bits per heavy atom. The van der Waals surface area contributed by atoms with E-state index in [2.05, 4.69) is 20.8 Å². The van der Waals surface area contributed by atoms with Gasteiger partial charge in [-0.2, -0.15) is 8.42 Å². The number of hydrogen-bond acceptors (Lipinski definition) is 5. The van der Waals surface area contributed by atoms with Gasteiger partial charge in [0, 0.05) is 11.3 Å². The van der Waals surface area contributed by atoms with E-state index in [1.165, 1.54) is 0 Å². The minimum Gasteiger partial charge on any atom is -0.382 e. The molecule has 148 valence electrons. The average molecular weight is 393 g/mol. The van der Waals surface area contributed by atoms with Crippen molar-refractivity contribution in [2.45, 2.75) is 58.5 Å². The topological polar surface area (TPSA) is 61.8 Å². The first-order chi connectivity index (χ1) is 12.7. The molecule has 1 aliphatic heterocycles. The molecule has 3 saturated carbocycles. The van der Waals surface area contributed by atoms with Crippen LogP contribution in [0.1, 0.15) is 40.0 Å². The molecule has 0 spiro atoms. The molecule has 5 nitrogen and oxygen atoms in total. The Labute approximate surface area is 161 Å². The lowest BCUT2D eigenvalue weighted by Crippen LogP contribution is -2.47. The van der Waals surface area contributed by atoms with E-state index in [1.807, 2.05) is 6.07 Å². The van der Waals surface area contributed by atoms with E-state index in [9.17, 15) is 8.42 Å². The maximum atomic E-state index is 13.0. The summed E-state index contributed by atoms with van der Waals surface area (Å²) in [5, 5.41) is 0. The smallest absolute Gasteiger partial charge is 0.309 e. The van der Waals surface area contributed by atoms with Crippen LogP contribution in [0.2, 0.25) is 0 Å². The summed E-state index contributed by atoms with van der Waals surface area (Å²) in [5.74, 6) is 1.79. The van der Waals surface area contributed by atoms with Crippen LogP contribution < -0.4 is 4.18 Å². The van der Waals surface area contributed by atoms with E-state index in [-0.39, 0.29) is 29.7 Å². The van der Waals surface area contributed by atoms with Crippen LogP contribution in [-0.2, 0) is 19.6 Å². The zero-order valence-electron chi connectivity index (χ0n) is 16.1. The molecule has 7 atom stereocenters. The highest BCUT2D eigenvalue weighted by Gasteiger charge is 2.74. The molecule has 0 N–H and O–H groups in total.